The summed E-state index contributed by atoms with van der Waals surface area (Å²) in [6.07, 6.45) is 2.38. The summed E-state index contributed by atoms with van der Waals surface area (Å²) in [4.78, 5) is 39.4. The van der Waals surface area contributed by atoms with Gasteiger partial charge in [-0.05, 0) is 81.9 Å². The Morgan fingerprint density at radius 2 is 1.92 bits per heavy atom. The summed E-state index contributed by atoms with van der Waals surface area (Å²) in [5, 5.41) is 9.80. The molecule has 5 rings (SSSR count). The molecule has 0 saturated heterocycles. The van der Waals surface area contributed by atoms with E-state index >= 15 is 0 Å². The van der Waals surface area contributed by atoms with Crippen molar-refractivity contribution < 1.29 is 9.59 Å². The third kappa shape index (κ3) is 6.04. The maximum Gasteiger partial charge on any atom is 0.280 e. The van der Waals surface area contributed by atoms with E-state index in [-0.39, 0.29) is 16.7 Å². The van der Waals surface area contributed by atoms with Gasteiger partial charge in [-0.2, -0.15) is 9.78 Å². The Balaban J connectivity index is 1.56. The molecule has 0 aliphatic rings. The van der Waals surface area contributed by atoms with Crippen molar-refractivity contribution in [3.8, 4) is 11.4 Å². The minimum atomic E-state index is -0.640. The lowest BCUT2D eigenvalue weighted by molar-refractivity contribution is 0.0948. The topological polar surface area (TPSA) is 125 Å². The molecule has 9 nitrogen and oxygen atoms in total. The normalized spacial score (nSPS) is 11.0. The number of nitrogens with zero attached hydrogens (tertiary/aromatic N) is 4. The Kier molecular flexibility index (Phi) is 8.07. The van der Waals surface area contributed by atoms with Gasteiger partial charge >= 0.3 is 0 Å². The van der Waals surface area contributed by atoms with E-state index in [1.165, 1.54) is 39.7 Å². The Labute approximate surface area is 244 Å². The van der Waals surface area contributed by atoms with Crippen LogP contribution in [0, 0.1) is 0 Å². The van der Waals surface area contributed by atoms with Crippen LogP contribution in [-0.2, 0) is 19.5 Å². The summed E-state index contributed by atoms with van der Waals surface area (Å²) in [6, 6.07) is 15.0. The van der Waals surface area contributed by atoms with Gasteiger partial charge in [0.25, 0.3) is 11.5 Å². The predicted octanol–water partition coefficient (Wildman–Crippen LogP) is 5.29. The van der Waals surface area contributed by atoms with Crippen molar-refractivity contribution in [3.05, 3.63) is 107 Å². The standard InChI is InChI=1S/C26H20BrClN6O3S2/c27-19-5-6-21(33(26(19)37)9-8-15-12-31-38-14-15)20-11-23(30-13-18-4-7-22(28)39-18)34(32-20)25(36)17-3-1-2-16(10-17)24(29)35/h1-7,10-12,14,30H,8-9,13H2,(H2,29,35). The number of aromatic nitrogens is 4. The van der Waals surface area contributed by atoms with Gasteiger partial charge in [-0.15, -0.1) is 11.3 Å². The molecule has 1 aromatic carbocycles. The second-order valence-electron chi connectivity index (χ2n) is 8.44. The molecule has 4 aromatic heterocycles. The van der Waals surface area contributed by atoms with E-state index in [1.54, 1.807) is 47.2 Å². The van der Waals surface area contributed by atoms with E-state index in [1.807, 2.05) is 11.4 Å². The summed E-state index contributed by atoms with van der Waals surface area (Å²) < 4.78 is 8.05. The van der Waals surface area contributed by atoms with Gasteiger partial charge in [-0.3, -0.25) is 14.4 Å². The lowest BCUT2D eigenvalue weighted by Gasteiger charge is -2.11. The third-order valence-corrected chi connectivity index (χ3v) is 8.34. The number of halogens is 2. The van der Waals surface area contributed by atoms with Crippen LogP contribution in [-0.4, -0.2) is 30.5 Å². The van der Waals surface area contributed by atoms with E-state index in [2.05, 4.69) is 30.7 Å². The molecule has 13 heteroatoms. The number of thiophene rings is 1. The Bertz CT molecular complexity index is 1730. The number of aryl methyl sites for hydroxylation is 1. The maximum absolute atomic E-state index is 13.6. The molecule has 0 fully saturated rings. The molecule has 0 atom stereocenters. The van der Waals surface area contributed by atoms with Crippen LogP contribution in [0.3, 0.4) is 0 Å². The molecule has 0 unspecified atom stereocenters. The minimum absolute atomic E-state index is 0.209. The molecule has 0 radical (unpaired) electrons. The molecule has 0 aliphatic heterocycles. The van der Waals surface area contributed by atoms with Gasteiger partial charge in [0.1, 0.15) is 11.5 Å². The van der Waals surface area contributed by atoms with Gasteiger partial charge in [-0.1, -0.05) is 17.7 Å². The van der Waals surface area contributed by atoms with Gasteiger partial charge in [0.05, 0.1) is 21.0 Å². The number of carbonyl (C=O) groups is 2. The van der Waals surface area contributed by atoms with Crippen LogP contribution in [0.2, 0.25) is 4.34 Å². The average Bonchev–Trinajstić information content (AvgIpc) is 3.69. The lowest BCUT2D eigenvalue weighted by atomic mass is 10.1. The number of primary amides is 1. The van der Waals surface area contributed by atoms with Crippen molar-refractivity contribution in [2.75, 3.05) is 5.32 Å². The largest absolute Gasteiger partial charge is 0.366 e. The van der Waals surface area contributed by atoms with E-state index in [0.717, 1.165) is 10.4 Å². The van der Waals surface area contributed by atoms with Gasteiger partial charge in [0, 0.05) is 40.2 Å². The van der Waals surface area contributed by atoms with Crippen molar-refractivity contribution in [2.24, 2.45) is 5.73 Å². The van der Waals surface area contributed by atoms with Crippen LogP contribution in [0.25, 0.3) is 11.4 Å². The van der Waals surface area contributed by atoms with Crippen molar-refractivity contribution in [1.29, 1.82) is 0 Å². The minimum Gasteiger partial charge on any atom is -0.366 e. The van der Waals surface area contributed by atoms with Gasteiger partial charge < -0.3 is 15.6 Å². The maximum atomic E-state index is 13.6. The van der Waals surface area contributed by atoms with Crippen molar-refractivity contribution in [1.82, 2.24) is 18.7 Å². The highest BCUT2D eigenvalue weighted by Gasteiger charge is 2.21. The average molecular weight is 644 g/mol. The number of rotatable bonds is 9. The first-order chi connectivity index (χ1) is 18.8. The fourth-order valence-corrected chi connectivity index (χ4v) is 5.87. The fourth-order valence-electron chi connectivity index (χ4n) is 3.93. The molecular formula is C26H20BrClN6O3S2. The first-order valence-electron chi connectivity index (χ1n) is 11.6. The van der Waals surface area contributed by atoms with Crippen LogP contribution in [0.5, 0.6) is 0 Å². The number of nitrogens with two attached hydrogens (primary N) is 1. The zero-order valence-corrected chi connectivity index (χ0v) is 24.1. The lowest BCUT2D eigenvalue weighted by Crippen LogP contribution is -2.23. The zero-order chi connectivity index (χ0) is 27.5. The summed E-state index contributed by atoms with van der Waals surface area (Å²) in [7, 11) is 0. The summed E-state index contributed by atoms with van der Waals surface area (Å²) >= 11 is 12.2. The molecule has 0 aliphatic carbocycles. The first-order valence-corrected chi connectivity index (χ1v) is 14.4. The first kappa shape index (κ1) is 27.0. The van der Waals surface area contributed by atoms with E-state index in [4.69, 9.17) is 17.3 Å². The second-order valence-corrected chi connectivity index (χ2v) is 11.8. The van der Waals surface area contributed by atoms with Crippen LogP contribution < -0.4 is 16.6 Å². The zero-order valence-electron chi connectivity index (χ0n) is 20.1. The van der Waals surface area contributed by atoms with E-state index < -0.39 is 11.8 Å². The van der Waals surface area contributed by atoms with Crippen LogP contribution in [0.4, 0.5) is 5.82 Å². The summed E-state index contributed by atoms with van der Waals surface area (Å²) in [5.74, 6) is -0.696. The van der Waals surface area contributed by atoms with Crippen LogP contribution in [0.1, 0.15) is 31.2 Å². The van der Waals surface area contributed by atoms with Gasteiger partial charge in [0.15, 0.2) is 0 Å². The number of amides is 1. The number of anilines is 1. The molecule has 4 heterocycles. The Morgan fingerprint density at radius 3 is 2.64 bits per heavy atom. The van der Waals surface area contributed by atoms with E-state index in [0.29, 0.717) is 45.5 Å². The third-order valence-electron chi connectivity index (χ3n) is 5.87. The van der Waals surface area contributed by atoms with Crippen LogP contribution >= 0.6 is 50.4 Å². The van der Waals surface area contributed by atoms with Crippen LogP contribution in [0.15, 0.2) is 75.4 Å². The molecule has 0 bridgehead atoms. The number of hydrogen-bond acceptors (Lipinski definition) is 8. The summed E-state index contributed by atoms with van der Waals surface area (Å²) in [5.41, 5.74) is 7.64. The van der Waals surface area contributed by atoms with Gasteiger partial charge in [0.2, 0.25) is 5.91 Å². The highest BCUT2D eigenvalue weighted by Crippen LogP contribution is 2.26. The molecule has 3 N–H and O–H groups in total. The number of benzene rings is 1. The molecule has 1 amide bonds. The quantitative estimate of drug-likeness (QED) is 0.225. The summed E-state index contributed by atoms with van der Waals surface area (Å²) in [6.45, 7) is 0.791. The number of pyridine rings is 1. The molecular weight excluding hydrogens is 624 g/mol. The number of hydrogen-bond donors (Lipinski definition) is 2. The monoisotopic (exact) mass is 642 g/mol. The van der Waals surface area contributed by atoms with Crippen molar-refractivity contribution in [2.45, 2.75) is 19.5 Å². The molecule has 39 heavy (non-hydrogen) atoms. The smallest absolute Gasteiger partial charge is 0.280 e. The van der Waals surface area contributed by atoms with Crippen molar-refractivity contribution in [3.63, 3.8) is 0 Å². The Morgan fingerprint density at radius 1 is 1.10 bits per heavy atom. The molecule has 0 saturated carbocycles. The Hall–Kier alpha value is -3.58. The number of carbonyl (C=O) groups excluding carboxylic acids is 2. The SMILES string of the molecule is NC(=O)c1cccc(C(=O)n2nc(-c3ccc(Br)c(=O)n3CCc3cnsc3)cc2NCc2ccc(Cl)s2)c1. The second kappa shape index (κ2) is 11.7. The van der Waals surface area contributed by atoms with Gasteiger partial charge in [-0.25, -0.2) is 4.37 Å². The molecule has 5 aromatic rings. The number of nitrogens with one attached hydrogen (secondary N) is 1. The van der Waals surface area contributed by atoms with E-state index in [9.17, 15) is 14.4 Å². The molecule has 0 spiro atoms. The predicted molar refractivity (Wildman–Crippen MR) is 157 cm³/mol. The highest BCUT2D eigenvalue weighted by molar-refractivity contribution is 9.10. The van der Waals surface area contributed by atoms with Crippen molar-refractivity contribution >= 4 is 68.0 Å². The highest BCUT2D eigenvalue weighted by atomic mass is 79.9. The fraction of sp³-hybridized carbons (Fsp3) is 0.115. The molecule has 198 valence electrons.